The molecule has 0 aliphatic carbocycles. The molecule has 0 saturated carbocycles. The Morgan fingerprint density at radius 1 is 1.24 bits per heavy atom. The highest BCUT2D eigenvalue weighted by Crippen LogP contribution is 2.13. The summed E-state index contributed by atoms with van der Waals surface area (Å²) in [6.45, 7) is 3.42. The van der Waals surface area contributed by atoms with Gasteiger partial charge in [-0.1, -0.05) is 24.3 Å². The second kappa shape index (κ2) is 5.87. The maximum atomic E-state index is 2.45. The summed E-state index contributed by atoms with van der Waals surface area (Å²) < 4.78 is 0. The molecule has 91 valence electrons. The molecule has 0 aromatic heterocycles. The van der Waals surface area contributed by atoms with E-state index in [0.717, 1.165) is 13.1 Å². The van der Waals surface area contributed by atoms with Gasteiger partial charge < -0.3 is 4.90 Å². The predicted octanol–water partition coefficient (Wildman–Crippen LogP) is 2.68. The summed E-state index contributed by atoms with van der Waals surface area (Å²) in [4.78, 5) is 4.57. The molecular formula is C15H21N2. The SMILES string of the molecule is CN(C)c1ccc(/C=C/CN2C[CH]CC2)cc1. The van der Waals surface area contributed by atoms with Gasteiger partial charge in [-0.15, -0.1) is 0 Å². The number of hydrogen-bond donors (Lipinski definition) is 0. The van der Waals surface area contributed by atoms with Crippen molar-refractivity contribution in [1.29, 1.82) is 0 Å². The number of benzene rings is 1. The van der Waals surface area contributed by atoms with Gasteiger partial charge in [0.25, 0.3) is 0 Å². The Labute approximate surface area is 105 Å². The third-order valence-corrected chi connectivity index (χ3v) is 3.12. The van der Waals surface area contributed by atoms with Crippen LogP contribution in [0.5, 0.6) is 0 Å². The van der Waals surface area contributed by atoms with Gasteiger partial charge in [-0.05, 0) is 37.1 Å². The largest absolute Gasteiger partial charge is 0.378 e. The quantitative estimate of drug-likeness (QED) is 0.783. The van der Waals surface area contributed by atoms with Crippen LogP contribution in [0.3, 0.4) is 0 Å². The second-order valence-corrected chi connectivity index (χ2v) is 4.73. The van der Waals surface area contributed by atoms with E-state index in [-0.39, 0.29) is 0 Å². The first-order valence-electron chi connectivity index (χ1n) is 6.23. The molecular weight excluding hydrogens is 208 g/mol. The monoisotopic (exact) mass is 229 g/mol. The summed E-state index contributed by atoms with van der Waals surface area (Å²) in [6, 6.07) is 8.65. The molecule has 1 aromatic carbocycles. The summed E-state index contributed by atoms with van der Waals surface area (Å²) in [7, 11) is 4.13. The van der Waals surface area contributed by atoms with Gasteiger partial charge in [0.15, 0.2) is 0 Å². The van der Waals surface area contributed by atoms with Crippen molar-refractivity contribution in [2.45, 2.75) is 6.42 Å². The van der Waals surface area contributed by atoms with Crippen molar-refractivity contribution in [3.63, 3.8) is 0 Å². The first kappa shape index (κ1) is 12.2. The summed E-state index contributed by atoms with van der Waals surface area (Å²) in [6.07, 6.45) is 8.05. The van der Waals surface area contributed by atoms with Crippen LogP contribution in [-0.2, 0) is 0 Å². The highest BCUT2D eigenvalue weighted by Gasteiger charge is 2.08. The van der Waals surface area contributed by atoms with E-state index in [4.69, 9.17) is 0 Å². The van der Waals surface area contributed by atoms with Gasteiger partial charge >= 0.3 is 0 Å². The Morgan fingerprint density at radius 2 is 2.00 bits per heavy atom. The molecule has 2 rings (SSSR count). The maximum absolute atomic E-state index is 2.45. The van der Waals surface area contributed by atoms with Crippen molar-refractivity contribution in [2.75, 3.05) is 38.6 Å². The average Bonchev–Trinajstić information content (AvgIpc) is 2.83. The molecule has 1 aliphatic heterocycles. The molecule has 0 N–H and O–H groups in total. The third kappa shape index (κ3) is 3.60. The van der Waals surface area contributed by atoms with Crippen molar-refractivity contribution < 1.29 is 0 Å². The Bertz CT molecular complexity index is 359. The highest BCUT2D eigenvalue weighted by molar-refractivity contribution is 5.55. The fraction of sp³-hybridized carbons (Fsp3) is 0.400. The number of rotatable bonds is 4. The van der Waals surface area contributed by atoms with Crippen LogP contribution < -0.4 is 4.90 Å². The van der Waals surface area contributed by atoms with Crippen LogP contribution in [0.1, 0.15) is 12.0 Å². The van der Waals surface area contributed by atoms with E-state index in [0.29, 0.717) is 0 Å². The number of nitrogens with zero attached hydrogens (tertiary/aromatic N) is 2. The molecule has 1 heterocycles. The smallest absolute Gasteiger partial charge is 0.0361 e. The zero-order chi connectivity index (χ0) is 12.1. The Morgan fingerprint density at radius 3 is 2.59 bits per heavy atom. The molecule has 17 heavy (non-hydrogen) atoms. The fourth-order valence-electron chi connectivity index (χ4n) is 2.03. The molecule has 0 unspecified atom stereocenters. The molecule has 0 bridgehead atoms. The van der Waals surface area contributed by atoms with Gasteiger partial charge in [0.05, 0.1) is 0 Å². The Kier molecular flexibility index (Phi) is 4.21. The van der Waals surface area contributed by atoms with Crippen LogP contribution >= 0.6 is 0 Å². The van der Waals surface area contributed by atoms with Crippen LogP contribution in [0, 0.1) is 6.42 Å². The fourth-order valence-corrected chi connectivity index (χ4v) is 2.03. The molecule has 1 saturated heterocycles. The molecule has 1 radical (unpaired) electrons. The Balaban J connectivity index is 1.87. The topological polar surface area (TPSA) is 6.48 Å². The van der Waals surface area contributed by atoms with Crippen molar-refractivity contribution in [1.82, 2.24) is 4.90 Å². The molecule has 0 spiro atoms. The number of hydrogen-bond acceptors (Lipinski definition) is 2. The van der Waals surface area contributed by atoms with E-state index in [1.54, 1.807) is 0 Å². The van der Waals surface area contributed by atoms with Crippen molar-refractivity contribution in [3.05, 3.63) is 42.3 Å². The normalized spacial score (nSPS) is 16.8. The van der Waals surface area contributed by atoms with Crippen LogP contribution in [0.2, 0.25) is 0 Å². The van der Waals surface area contributed by atoms with Gasteiger partial charge in [0.2, 0.25) is 0 Å². The minimum absolute atomic E-state index is 1.06. The summed E-state index contributed by atoms with van der Waals surface area (Å²) in [5, 5.41) is 0. The average molecular weight is 229 g/mol. The summed E-state index contributed by atoms with van der Waals surface area (Å²) >= 11 is 0. The van der Waals surface area contributed by atoms with Gasteiger partial charge in [0, 0.05) is 32.9 Å². The van der Waals surface area contributed by atoms with Gasteiger partial charge in [0.1, 0.15) is 0 Å². The molecule has 0 amide bonds. The van der Waals surface area contributed by atoms with E-state index in [1.807, 2.05) is 0 Å². The van der Waals surface area contributed by atoms with Crippen molar-refractivity contribution in [3.8, 4) is 0 Å². The maximum Gasteiger partial charge on any atom is 0.0361 e. The zero-order valence-electron chi connectivity index (χ0n) is 10.8. The predicted molar refractivity (Wildman–Crippen MR) is 75.2 cm³/mol. The minimum Gasteiger partial charge on any atom is -0.378 e. The van der Waals surface area contributed by atoms with E-state index >= 15 is 0 Å². The lowest BCUT2D eigenvalue weighted by atomic mass is 10.2. The van der Waals surface area contributed by atoms with Crippen LogP contribution in [0.15, 0.2) is 30.3 Å². The molecule has 2 heteroatoms. The molecule has 1 aliphatic rings. The van der Waals surface area contributed by atoms with Gasteiger partial charge in [-0.3, -0.25) is 4.90 Å². The van der Waals surface area contributed by atoms with Crippen LogP contribution in [0.4, 0.5) is 5.69 Å². The molecule has 0 atom stereocenters. The first-order chi connectivity index (χ1) is 8.25. The lowest BCUT2D eigenvalue weighted by Gasteiger charge is -2.12. The van der Waals surface area contributed by atoms with Crippen LogP contribution in [0.25, 0.3) is 6.08 Å². The van der Waals surface area contributed by atoms with Gasteiger partial charge in [-0.25, -0.2) is 0 Å². The second-order valence-electron chi connectivity index (χ2n) is 4.73. The third-order valence-electron chi connectivity index (χ3n) is 3.12. The summed E-state index contributed by atoms with van der Waals surface area (Å²) in [5.74, 6) is 0. The van der Waals surface area contributed by atoms with E-state index in [1.165, 1.54) is 24.2 Å². The standard InChI is InChI=1S/C15H21N2/c1-16(2)15-9-7-14(8-10-15)6-5-13-17-11-3-4-12-17/h3,5-10H,4,11-13H2,1-2H3/b6-5+. The number of likely N-dealkylation sites (tertiary alicyclic amines) is 1. The lowest BCUT2D eigenvalue weighted by molar-refractivity contribution is 0.384. The lowest BCUT2D eigenvalue weighted by Crippen LogP contribution is -2.18. The highest BCUT2D eigenvalue weighted by atomic mass is 15.1. The van der Waals surface area contributed by atoms with E-state index in [9.17, 15) is 0 Å². The molecule has 1 aromatic rings. The molecule has 1 fully saturated rings. The van der Waals surface area contributed by atoms with Crippen molar-refractivity contribution >= 4 is 11.8 Å². The van der Waals surface area contributed by atoms with E-state index < -0.39 is 0 Å². The van der Waals surface area contributed by atoms with Crippen molar-refractivity contribution in [2.24, 2.45) is 0 Å². The van der Waals surface area contributed by atoms with E-state index in [2.05, 4.69) is 66.7 Å². The first-order valence-corrected chi connectivity index (χ1v) is 6.23. The molecule has 2 nitrogen and oxygen atoms in total. The summed E-state index contributed by atoms with van der Waals surface area (Å²) in [5.41, 5.74) is 2.52. The zero-order valence-corrected chi connectivity index (χ0v) is 10.8. The van der Waals surface area contributed by atoms with Gasteiger partial charge in [-0.2, -0.15) is 0 Å². The number of anilines is 1. The Hall–Kier alpha value is -1.28. The minimum atomic E-state index is 1.06. The van der Waals surface area contributed by atoms with Crippen LogP contribution in [-0.4, -0.2) is 38.6 Å².